The van der Waals surface area contributed by atoms with Crippen molar-refractivity contribution in [3.8, 4) is 0 Å². The molecule has 17 heavy (non-hydrogen) atoms. The Balaban J connectivity index is 2.54. The molecular formula is C14H20N2O. The molecule has 0 heterocycles. The molecule has 1 rings (SSSR count). The first-order valence-corrected chi connectivity index (χ1v) is 5.86. The van der Waals surface area contributed by atoms with Crippen LogP contribution in [0.2, 0.25) is 0 Å². The van der Waals surface area contributed by atoms with E-state index in [0.29, 0.717) is 6.54 Å². The number of hydrogen-bond donors (Lipinski definition) is 2. The SMILES string of the molecule is C=CCCNC(=O)C(C)C(N)c1ccccc1. The van der Waals surface area contributed by atoms with Crippen LogP contribution in [0.4, 0.5) is 0 Å². The van der Waals surface area contributed by atoms with Crippen LogP contribution in [0.3, 0.4) is 0 Å². The van der Waals surface area contributed by atoms with Crippen molar-refractivity contribution < 1.29 is 4.79 Å². The lowest BCUT2D eigenvalue weighted by molar-refractivity contribution is -0.125. The topological polar surface area (TPSA) is 55.1 Å². The third-order valence-electron chi connectivity index (χ3n) is 2.78. The number of carbonyl (C=O) groups is 1. The van der Waals surface area contributed by atoms with Crippen molar-refractivity contribution in [3.63, 3.8) is 0 Å². The average molecular weight is 232 g/mol. The van der Waals surface area contributed by atoms with Crippen LogP contribution in [0, 0.1) is 5.92 Å². The first-order chi connectivity index (χ1) is 8.16. The summed E-state index contributed by atoms with van der Waals surface area (Å²) in [6.07, 6.45) is 2.56. The molecule has 0 aliphatic rings. The Morgan fingerprint density at radius 3 is 2.71 bits per heavy atom. The molecule has 3 nitrogen and oxygen atoms in total. The minimum atomic E-state index is -0.264. The van der Waals surface area contributed by atoms with E-state index < -0.39 is 0 Å². The van der Waals surface area contributed by atoms with Crippen molar-refractivity contribution in [1.29, 1.82) is 0 Å². The molecule has 0 radical (unpaired) electrons. The maximum atomic E-state index is 11.8. The summed E-state index contributed by atoms with van der Waals surface area (Å²) in [4.78, 5) is 11.8. The Morgan fingerprint density at radius 2 is 2.12 bits per heavy atom. The molecule has 0 aliphatic heterocycles. The quantitative estimate of drug-likeness (QED) is 0.582. The van der Waals surface area contributed by atoms with Crippen LogP contribution in [0.25, 0.3) is 0 Å². The first kappa shape index (κ1) is 13.5. The molecule has 0 aromatic heterocycles. The van der Waals surface area contributed by atoms with E-state index in [9.17, 15) is 4.79 Å². The van der Waals surface area contributed by atoms with E-state index >= 15 is 0 Å². The average Bonchev–Trinajstić information content (AvgIpc) is 2.38. The fraction of sp³-hybridized carbons (Fsp3) is 0.357. The molecule has 3 N–H and O–H groups in total. The molecule has 1 aromatic rings. The van der Waals surface area contributed by atoms with Gasteiger partial charge in [0.05, 0.1) is 5.92 Å². The number of amides is 1. The molecule has 0 aliphatic carbocycles. The van der Waals surface area contributed by atoms with E-state index in [0.717, 1.165) is 12.0 Å². The number of hydrogen-bond acceptors (Lipinski definition) is 2. The molecule has 0 saturated carbocycles. The third-order valence-corrected chi connectivity index (χ3v) is 2.78. The van der Waals surface area contributed by atoms with Crippen LogP contribution < -0.4 is 11.1 Å². The van der Waals surface area contributed by atoms with Gasteiger partial charge < -0.3 is 11.1 Å². The largest absolute Gasteiger partial charge is 0.356 e. The molecule has 1 amide bonds. The third kappa shape index (κ3) is 4.04. The van der Waals surface area contributed by atoms with Gasteiger partial charge in [-0.05, 0) is 12.0 Å². The van der Waals surface area contributed by atoms with Gasteiger partial charge in [0.15, 0.2) is 0 Å². The van der Waals surface area contributed by atoms with Gasteiger partial charge in [-0.2, -0.15) is 0 Å². The fourth-order valence-corrected chi connectivity index (χ4v) is 1.59. The Labute approximate surface area is 103 Å². The van der Waals surface area contributed by atoms with E-state index in [2.05, 4.69) is 11.9 Å². The highest BCUT2D eigenvalue weighted by Gasteiger charge is 2.21. The zero-order valence-electron chi connectivity index (χ0n) is 10.2. The normalized spacial score (nSPS) is 13.8. The van der Waals surface area contributed by atoms with E-state index in [-0.39, 0.29) is 17.9 Å². The van der Waals surface area contributed by atoms with Crippen molar-refractivity contribution in [2.45, 2.75) is 19.4 Å². The van der Waals surface area contributed by atoms with Gasteiger partial charge in [0.1, 0.15) is 0 Å². The zero-order valence-corrected chi connectivity index (χ0v) is 10.2. The van der Waals surface area contributed by atoms with Crippen molar-refractivity contribution in [2.24, 2.45) is 11.7 Å². The van der Waals surface area contributed by atoms with Crippen LogP contribution in [0.15, 0.2) is 43.0 Å². The van der Waals surface area contributed by atoms with Crippen LogP contribution in [-0.2, 0) is 4.79 Å². The van der Waals surface area contributed by atoms with Crippen molar-refractivity contribution >= 4 is 5.91 Å². The van der Waals surface area contributed by atoms with Gasteiger partial charge in [0.2, 0.25) is 5.91 Å². The molecular weight excluding hydrogens is 212 g/mol. The Bertz CT molecular complexity index is 362. The van der Waals surface area contributed by atoms with Gasteiger partial charge in [-0.1, -0.05) is 43.3 Å². The summed E-state index contributed by atoms with van der Waals surface area (Å²) >= 11 is 0. The van der Waals surface area contributed by atoms with Crippen molar-refractivity contribution in [3.05, 3.63) is 48.6 Å². The lowest BCUT2D eigenvalue weighted by Crippen LogP contribution is -2.35. The molecule has 0 saturated heterocycles. The van der Waals surface area contributed by atoms with Gasteiger partial charge in [-0.15, -0.1) is 6.58 Å². The second kappa shape index (κ2) is 6.86. The first-order valence-electron chi connectivity index (χ1n) is 5.86. The van der Waals surface area contributed by atoms with E-state index in [4.69, 9.17) is 5.73 Å². The fourth-order valence-electron chi connectivity index (χ4n) is 1.59. The summed E-state index contributed by atoms with van der Waals surface area (Å²) in [5, 5.41) is 2.84. The summed E-state index contributed by atoms with van der Waals surface area (Å²) < 4.78 is 0. The molecule has 3 heteroatoms. The van der Waals surface area contributed by atoms with Crippen molar-refractivity contribution in [1.82, 2.24) is 5.32 Å². The number of nitrogens with one attached hydrogen (secondary N) is 1. The summed E-state index contributed by atoms with van der Waals surface area (Å²) in [6.45, 7) is 6.08. The van der Waals surface area contributed by atoms with Crippen molar-refractivity contribution in [2.75, 3.05) is 6.54 Å². The lowest BCUT2D eigenvalue weighted by atomic mass is 9.95. The predicted octanol–water partition coefficient (Wildman–Crippen LogP) is 2.01. The zero-order chi connectivity index (χ0) is 12.7. The number of benzene rings is 1. The van der Waals surface area contributed by atoms with Crippen LogP contribution >= 0.6 is 0 Å². The van der Waals surface area contributed by atoms with Gasteiger partial charge in [0, 0.05) is 12.6 Å². The minimum absolute atomic E-state index is 0.0109. The van der Waals surface area contributed by atoms with E-state index in [1.807, 2.05) is 37.3 Å². The molecule has 92 valence electrons. The van der Waals surface area contributed by atoms with Gasteiger partial charge in [-0.3, -0.25) is 4.79 Å². The lowest BCUT2D eigenvalue weighted by Gasteiger charge is -2.19. The van der Waals surface area contributed by atoms with Gasteiger partial charge in [0.25, 0.3) is 0 Å². The summed E-state index contributed by atoms with van der Waals surface area (Å²) in [5.41, 5.74) is 7.05. The standard InChI is InChI=1S/C14H20N2O/c1-3-4-10-16-14(17)11(2)13(15)12-8-6-5-7-9-12/h3,5-9,11,13H,1,4,10,15H2,2H3,(H,16,17). The van der Waals surface area contributed by atoms with Crippen LogP contribution in [0.5, 0.6) is 0 Å². The molecule has 0 spiro atoms. The summed E-state index contributed by atoms with van der Waals surface area (Å²) in [6, 6.07) is 9.41. The molecule has 0 bridgehead atoms. The number of carbonyl (C=O) groups excluding carboxylic acids is 1. The Hall–Kier alpha value is -1.61. The number of nitrogens with two attached hydrogens (primary N) is 1. The Morgan fingerprint density at radius 1 is 1.47 bits per heavy atom. The van der Waals surface area contributed by atoms with Gasteiger partial charge in [-0.25, -0.2) is 0 Å². The molecule has 2 unspecified atom stereocenters. The molecule has 2 atom stereocenters. The predicted molar refractivity (Wildman–Crippen MR) is 70.4 cm³/mol. The summed E-state index contributed by atoms with van der Waals surface area (Å²) in [5.74, 6) is -0.245. The highest BCUT2D eigenvalue weighted by atomic mass is 16.1. The maximum Gasteiger partial charge on any atom is 0.224 e. The van der Waals surface area contributed by atoms with E-state index in [1.54, 1.807) is 6.08 Å². The second-order valence-electron chi connectivity index (χ2n) is 4.09. The highest BCUT2D eigenvalue weighted by Crippen LogP contribution is 2.18. The molecule has 1 aromatic carbocycles. The molecule has 0 fully saturated rings. The second-order valence-corrected chi connectivity index (χ2v) is 4.09. The number of rotatable bonds is 6. The van der Waals surface area contributed by atoms with Gasteiger partial charge >= 0.3 is 0 Å². The monoisotopic (exact) mass is 232 g/mol. The Kier molecular flexibility index (Phi) is 5.43. The van der Waals surface area contributed by atoms with E-state index in [1.165, 1.54) is 0 Å². The van der Waals surface area contributed by atoms with Crippen LogP contribution in [0.1, 0.15) is 24.9 Å². The smallest absolute Gasteiger partial charge is 0.224 e. The summed E-state index contributed by atoms with van der Waals surface area (Å²) in [7, 11) is 0. The highest BCUT2D eigenvalue weighted by molar-refractivity contribution is 5.79. The maximum absolute atomic E-state index is 11.8. The minimum Gasteiger partial charge on any atom is -0.356 e. The van der Waals surface area contributed by atoms with Crippen LogP contribution in [-0.4, -0.2) is 12.5 Å².